The lowest BCUT2D eigenvalue weighted by Gasteiger charge is -2.21. The maximum Gasteiger partial charge on any atom is 0.254 e. The van der Waals surface area contributed by atoms with Gasteiger partial charge in [0.05, 0.1) is 18.3 Å². The van der Waals surface area contributed by atoms with Crippen LogP contribution in [-0.4, -0.2) is 49.3 Å². The molecule has 0 heterocycles. The summed E-state index contributed by atoms with van der Waals surface area (Å²) in [6.07, 6.45) is -0.685. The van der Waals surface area contributed by atoms with Gasteiger partial charge in [-0.05, 0) is 34.1 Å². The number of amides is 1. The first-order chi connectivity index (χ1) is 8.45. The Morgan fingerprint density at radius 2 is 2.17 bits per heavy atom. The number of nitrogens with zero attached hydrogens (tertiary/aromatic N) is 1. The highest BCUT2D eigenvalue weighted by Gasteiger charge is 2.17. The van der Waals surface area contributed by atoms with Crippen molar-refractivity contribution in [2.45, 2.75) is 6.10 Å². The molecule has 0 saturated heterocycles. The van der Waals surface area contributed by atoms with E-state index in [-0.39, 0.29) is 19.1 Å². The average molecular weight is 381 g/mol. The second-order valence-electron chi connectivity index (χ2n) is 3.92. The van der Waals surface area contributed by atoms with Crippen LogP contribution >= 0.6 is 31.9 Å². The number of benzene rings is 1. The molecule has 0 aliphatic rings. The van der Waals surface area contributed by atoms with E-state index in [1.165, 1.54) is 12.0 Å². The van der Waals surface area contributed by atoms with E-state index in [1.54, 1.807) is 19.2 Å². The van der Waals surface area contributed by atoms with Crippen LogP contribution < -0.4 is 0 Å². The average Bonchev–Trinajstić information content (AvgIpc) is 2.31. The van der Waals surface area contributed by atoms with Crippen LogP contribution in [-0.2, 0) is 4.74 Å². The van der Waals surface area contributed by atoms with E-state index in [0.29, 0.717) is 5.56 Å². The summed E-state index contributed by atoms with van der Waals surface area (Å²) in [7, 11) is 3.16. The molecule has 0 fully saturated rings. The quantitative estimate of drug-likeness (QED) is 0.852. The third kappa shape index (κ3) is 4.35. The first kappa shape index (κ1) is 15.6. The predicted molar refractivity (Wildman–Crippen MR) is 76.7 cm³/mol. The van der Waals surface area contributed by atoms with Crippen LogP contribution in [0.4, 0.5) is 0 Å². The van der Waals surface area contributed by atoms with Crippen LogP contribution in [0.2, 0.25) is 0 Å². The van der Waals surface area contributed by atoms with E-state index in [2.05, 4.69) is 31.9 Å². The molecule has 4 nitrogen and oxygen atoms in total. The van der Waals surface area contributed by atoms with Gasteiger partial charge in [-0.3, -0.25) is 4.79 Å². The SMILES string of the molecule is COCC(O)CN(C)C(=O)c1cc(Br)ccc1Br. The van der Waals surface area contributed by atoms with E-state index in [4.69, 9.17) is 4.74 Å². The lowest BCUT2D eigenvalue weighted by molar-refractivity contribution is 0.0380. The Labute approximate surface area is 123 Å². The summed E-state index contributed by atoms with van der Waals surface area (Å²) in [5.41, 5.74) is 0.552. The summed E-state index contributed by atoms with van der Waals surface area (Å²) in [6.45, 7) is 0.433. The molecule has 0 aromatic heterocycles. The standard InChI is InChI=1S/C12H15Br2NO3/c1-15(6-9(16)7-18-2)12(17)10-5-8(13)3-4-11(10)14/h3-5,9,16H,6-7H2,1-2H3. The number of methoxy groups -OCH3 is 1. The molecule has 0 saturated carbocycles. The summed E-state index contributed by atoms with van der Waals surface area (Å²) in [5, 5.41) is 9.60. The van der Waals surface area contributed by atoms with Crippen molar-refractivity contribution in [2.24, 2.45) is 0 Å². The Bertz CT molecular complexity index is 426. The molecule has 1 aromatic carbocycles. The summed E-state index contributed by atoms with van der Waals surface area (Å²) < 4.78 is 6.39. The van der Waals surface area contributed by atoms with Crippen molar-refractivity contribution in [1.29, 1.82) is 0 Å². The van der Waals surface area contributed by atoms with E-state index in [1.807, 2.05) is 6.07 Å². The highest BCUT2D eigenvalue weighted by atomic mass is 79.9. The number of hydrogen-bond donors (Lipinski definition) is 1. The van der Waals surface area contributed by atoms with Crippen molar-refractivity contribution in [2.75, 3.05) is 27.3 Å². The molecule has 0 aliphatic heterocycles. The number of aliphatic hydroxyl groups is 1. The molecule has 1 aromatic rings. The number of carbonyl (C=O) groups excluding carboxylic acids is 1. The number of rotatable bonds is 5. The zero-order valence-corrected chi connectivity index (χ0v) is 13.4. The molecule has 0 spiro atoms. The number of carbonyl (C=O) groups is 1. The van der Waals surface area contributed by atoms with Gasteiger partial charge >= 0.3 is 0 Å². The zero-order chi connectivity index (χ0) is 13.7. The molecular weight excluding hydrogens is 366 g/mol. The Hall–Kier alpha value is -0.430. The van der Waals surface area contributed by atoms with Crippen LogP contribution in [0, 0.1) is 0 Å². The maximum atomic E-state index is 12.2. The van der Waals surface area contributed by atoms with Crippen molar-refractivity contribution in [3.8, 4) is 0 Å². The lowest BCUT2D eigenvalue weighted by Crippen LogP contribution is -2.36. The monoisotopic (exact) mass is 379 g/mol. The van der Waals surface area contributed by atoms with Crippen LogP contribution in [0.1, 0.15) is 10.4 Å². The number of halogens is 2. The second kappa shape index (κ2) is 7.23. The second-order valence-corrected chi connectivity index (χ2v) is 5.69. The molecule has 1 atom stereocenters. The van der Waals surface area contributed by atoms with Crippen LogP contribution in [0.25, 0.3) is 0 Å². The summed E-state index contributed by atoms with van der Waals surface area (Å²) in [4.78, 5) is 13.6. The Morgan fingerprint density at radius 1 is 1.50 bits per heavy atom. The Morgan fingerprint density at radius 3 is 2.78 bits per heavy atom. The predicted octanol–water partition coefficient (Wildman–Crippen LogP) is 2.29. The summed E-state index contributed by atoms with van der Waals surface area (Å²) >= 11 is 6.67. The minimum absolute atomic E-state index is 0.154. The highest BCUT2D eigenvalue weighted by molar-refractivity contribution is 9.11. The van der Waals surface area contributed by atoms with Crippen LogP contribution in [0.3, 0.4) is 0 Å². The fourth-order valence-electron chi connectivity index (χ4n) is 1.51. The Kier molecular flexibility index (Phi) is 6.28. The molecule has 1 amide bonds. The number of likely N-dealkylation sites (N-methyl/N-ethyl adjacent to an activating group) is 1. The van der Waals surface area contributed by atoms with E-state index in [9.17, 15) is 9.90 Å². The van der Waals surface area contributed by atoms with Gasteiger partial charge in [-0.25, -0.2) is 0 Å². The molecule has 0 radical (unpaired) electrons. The fourth-order valence-corrected chi connectivity index (χ4v) is 2.29. The molecule has 6 heteroatoms. The van der Waals surface area contributed by atoms with Crippen molar-refractivity contribution in [1.82, 2.24) is 4.90 Å². The van der Waals surface area contributed by atoms with Gasteiger partial charge in [0.25, 0.3) is 5.91 Å². The highest BCUT2D eigenvalue weighted by Crippen LogP contribution is 2.22. The fraction of sp³-hybridized carbons (Fsp3) is 0.417. The van der Waals surface area contributed by atoms with Gasteiger partial charge in [-0.2, -0.15) is 0 Å². The van der Waals surface area contributed by atoms with Gasteiger partial charge < -0.3 is 14.7 Å². The molecular formula is C12H15Br2NO3. The molecule has 0 bridgehead atoms. The number of ether oxygens (including phenoxy) is 1. The van der Waals surface area contributed by atoms with Crippen molar-refractivity contribution < 1.29 is 14.6 Å². The van der Waals surface area contributed by atoms with E-state index < -0.39 is 6.10 Å². The van der Waals surface area contributed by atoms with E-state index in [0.717, 1.165) is 8.95 Å². The largest absolute Gasteiger partial charge is 0.389 e. The third-order valence-corrected chi connectivity index (χ3v) is 3.53. The topological polar surface area (TPSA) is 49.8 Å². The molecule has 1 N–H and O–H groups in total. The van der Waals surface area contributed by atoms with Gasteiger partial charge in [0.1, 0.15) is 0 Å². The van der Waals surface area contributed by atoms with E-state index >= 15 is 0 Å². The summed E-state index contributed by atoms with van der Waals surface area (Å²) in [5.74, 6) is -0.154. The van der Waals surface area contributed by atoms with Gasteiger partial charge in [-0.1, -0.05) is 15.9 Å². The van der Waals surface area contributed by atoms with Gasteiger partial charge in [0.2, 0.25) is 0 Å². The minimum Gasteiger partial charge on any atom is -0.389 e. The van der Waals surface area contributed by atoms with Gasteiger partial charge in [0, 0.05) is 29.6 Å². The van der Waals surface area contributed by atoms with Gasteiger partial charge in [-0.15, -0.1) is 0 Å². The molecule has 1 rings (SSSR count). The molecule has 100 valence electrons. The van der Waals surface area contributed by atoms with Crippen LogP contribution in [0.5, 0.6) is 0 Å². The van der Waals surface area contributed by atoms with Crippen LogP contribution in [0.15, 0.2) is 27.1 Å². The normalized spacial score (nSPS) is 12.3. The summed E-state index contributed by atoms with van der Waals surface area (Å²) in [6, 6.07) is 5.39. The lowest BCUT2D eigenvalue weighted by atomic mass is 10.2. The molecule has 18 heavy (non-hydrogen) atoms. The molecule has 1 unspecified atom stereocenters. The van der Waals surface area contributed by atoms with Crippen molar-refractivity contribution in [3.63, 3.8) is 0 Å². The van der Waals surface area contributed by atoms with Crippen molar-refractivity contribution in [3.05, 3.63) is 32.7 Å². The molecule has 0 aliphatic carbocycles. The smallest absolute Gasteiger partial charge is 0.254 e. The maximum absolute atomic E-state index is 12.2. The first-order valence-electron chi connectivity index (χ1n) is 5.33. The minimum atomic E-state index is -0.685. The third-order valence-electron chi connectivity index (χ3n) is 2.35. The Balaban J connectivity index is 2.77. The first-order valence-corrected chi connectivity index (χ1v) is 6.91. The zero-order valence-electron chi connectivity index (χ0n) is 10.2. The number of hydrogen-bond acceptors (Lipinski definition) is 3. The number of aliphatic hydroxyl groups excluding tert-OH is 1. The van der Waals surface area contributed by atoms with Gasteiger partial charge in [0.15, 0.2) is 0 Å². The van der Waals surface area contributed by atoms with Crippen molar-refractivity contribution >= 4 is 37.8 Å².